The summed E-state index contributed by atoms with van der Waals surface area (Å²) in [6.45, 7) is 0. The van der Waals surface area contributed by atoms with Crippen molar-refractivity contribution in [3.05, 3.63) is 42.7 Å². The second kappa shape index (κ2) is 4.90. The van der Waals surface area contributed by atoms with E-state index in [1.807, 2.05) is 30.5 Å². The summed E-state index contributed by atoms with van der Waals surface area (Å²) in [6.07, 6.45) is 5.25. The summed E-state index contributed by atoms with van der Waals surface area (Å²) in [5.74, 6) is 1.48. The lowest BCUT2D eigenvalue weighted by Gasteiger charge is -2.09. The molecule has 0 aliphatic rings. The van der Waals surface area contributed by atoms with Crippen molar-refractivity contribution < 1.29 is 4.74 Å². The van der Waals surface area contributed by atoms with E-state index in [-0.39, 0.29) is 0 Å². The minimum absolute atomic E-state index is 0.596. The summed E-state index contributed by atoms with van der Waals surface area (Å²) >= 11 is 1.64. The van der Waals surface area contributed by atoms with Gasteiger partial charge in [0.25, 0.3) is 0 Å². The summed E-state index contributed by atoms with van der Waals surface area (Å²) in [5.41, 5.74) is 6.23. The number of pyridine rings is 1. The average Bonchev–Trinajstić information content (AvgIpc) is 2.30. The molecule has 0 aliphatic heterocycles. The number of hydrogen-bond acceptors (Lipinski definition) is 4. The molecule has 0 fully saturated rings. The van der Waals surface area contributed by atoms with Crippen LogP contribution in [0.15, 0.2) is 47.6 Å². The van der Waals surface area contributed by atoms with Crippen LogP contribution in [0.25, 0.3) is 0 Å². The van der Waals surface area contributed by atoms with Gasteiger partial charge in [-0.1, -0.05) is 12.1 Å². The first kappa shape index (κ1) is 10.8. The van der Waals surface area contributed by atoms with E-state index in [2.05, 4.69) is 4.98 Å². The molecule has 0 bridgehead atoms. The number of para-hydroxylation sites is 1. The van der Waals surface area contributed by atoms with Crippen molar-refractivity contribution in [1.29, 1.82) is 0 Å². The number of nitrogen functional groups attached to an aromatic ring is 1. The lowest BCUT2D eigenvalue weighted by Crippen LogP contribution is -1.90. The van der Waals surface area contributed by atoms with Gasteiger partial charge in [0, 0.05) is 11.0 Å². The molecule has 0 amide bonds. The molecule has 4 heteroatoms. The third-order valence-corrected chi connectivity index (χ3v) is 2.81. The molecule has 1 heterocycles. The normalized spacial score (nSPS) is 10.1. The number of thioether (sulfide) groups is 1. The van der Waals surface area contributed by atoms with Crippen molar-refractivity contribution >= 4 is 17.4 Å². The largest absolute Gasteiger partial charge is 0.454 e. The number of benzene rings is 1. The Morgan fingerprint density at radius 2 is 2.06 bits per heavy atom. The van der Waals surface area contributed by atoms with Crippen LogP contribution in [0.3, 0.4) is 0 Å². The molecule has 0 aliphatic carbocycles. The number of ether oxygens (including phenoxy) is 1. The Labute approximate surface area is 98.6 Å². The van der Waals surface area contributed by atoms with Gasteiger partial charge in [0.15, 0.2) is 0 Å². The topological polar surface area (TPSA) is 48.1 Å². The van der Waals surface area contributed by atoms with Crippen molar-refractivity contribution in [3.63, 3.8) is 0 Å². The monoisotopic (exact) mass is 232 g/mol. The van der Waals surface area contributed by atoms with Crippen molar-refractivity contribution in [2.75, 3.05) is 12.0 Å². The summed E-state index contributed by atoms with van der Waals surface area (Å²) in [4.78, 5) is 5.07. The number of hydrogen-bond donors (Lipinski definition) is 1. The molecule has 2 rings (SSSR count). The average molecular weight is 232 g/mol. The highest BCUT2D eigenvalue weighted by atomic mass is 32.2. The fourth-order valence-electron chi connectivity index (χ4n) is 1.32. The van der Waals surface area contributed by atoms with Crippen LogP contribution in [0.4, 0.5) is 5.69 Å². The fraction of sp³-hybridized carbons (Fsp3) is 0.0833. The zero-order valence-electron chi connectivity index (χ0n) is 8.88. The Kier molecular flexibility index (Phi) is 3.31. The van der Waals surface area contributed by atoms with Crippen molar-refractivity contribution in [2.24, 2.45) is 0 Å². The van der Waals surface area contributed by atoms with Crippen LogP contribution >= 0.6 is 11.8 Å². The molecule has 0 spiro atoms. The minimum atomic E-state index is 0.596. The van der Waals surface area contributed by atoms with Gasteiger partial charge < -0.3 is 10.5 Å². The molecule has 16 heavy (non-hydrogen) atoms. The van der Waals surface area contributed by atoms with E-state index in [4.69, 9.17) is 10.5 Å². The van der Waals surface area contributed by atoms with Gasteiger partial charge in [0.1, 0.15) is 11.5 Å². The molecule has 3 nitrogen and oxygen atoms in total. The second-order valence-electron chi connectivity index (χ2n) is 3.21. The first-order valence-corrected chi connectivity index (χ1v) is 6.03. The quantitative estimate of drug-likeness (QED) is 0.826. The number of aromatic nitrogens is 1. The molecular formula is C12H12N2OS. The van der Waals surface area contributed by atoms with Gasteiger partial charge in [-0.25, -0.2) is 0 Å². The molecule has 0 saturated carbocycles. The van der Waals surface area contributed by atoms with Crippen LogP contribution in [0, 0.1) is 0 Å². The lowest BCUT2D eigenvalue weighted by atomic mass is 10.3. The Morgan fingerprint density at radius 1 is 1.25 bits per heavy atom. The molecule has 82 valence electrons. The van der Waals surface area contributed by atoms with E-state index >= 15 is 0 Å². The molecular weight excluding hydrogens is 220 g/mol. The Bertz CT molecular complexity index is 488. The maximum Gasteiger partial charge on any atom is 0.147 e. The first-order chi connectivity index (χ1) is 7.79. The Hall–Kier alpha value is -1.68. The standard InChI is InChI=1S/C12H12N2OS/c1-16-12-5-3-2-4-11(12)15-10-6-9(13)7-14-8-10/h2-8H,13H2,1H3. The van der Waals surface area contributed by atoms with Gasteiger partial charge in [-0.15, -0.1) is 11.8 Å². The summed E-state index contributed by atoms with van der Waals surface area (Å²) < 4.78 is 5.72. The minimum Gasteiger partial charge on any atom is -0.454 e. The SMILES string of the molecule is CSc1ccccc1Oc1cncc(N)c1. The van der Waals surface area contributed by atoms with Crippen LogP contribution < -0.4 is 10.5 Å². The molecule has 2 N–H and O–H groups in total. The van der Waals surface area contributed by atoms with E-state index in [0.717, 1.165) is 10.6 Å². The number of anilines is 1. The third kappa shape index (κ3) is 2.46. The van der Waals surface area contributed by atoms with E-state index < -0.39 is 0 Å². The predicted molar refractivity (Wildman–Crippen MR) is 66.9 cm³/mol. The predicted octanol–water partition coefficient (Wildman–Crippen LogP) is 3.18. The maximum absolute atomic E-state index is 5.72. The van der Waals surface area contributed by atoms with E-state index in [0.29, 0.717) is 11.4 Å². The molecule has 1 aromatic carbocycles. The zero-order chi connectivity index (χ0) is 11.4. The molecule has 1 aromatic heterocycles. The van der Waals surface area contributed by atoms with Crippen LogP contribution in [-0.4, -0.2) is 11.2 Å². The van der Waals surface area contributed by atoms with Crippen LogP contribution in [0.1, 0.15) is 0 Å². The van der Waals surface area contributed by atoms with Crippen LogP contribution in [0.5, 0.6) is 11.5 Å². The smallest absolute Gasteiger partial charge is 0.147 e. The summed E-state index contributed by atoms with van der Waals surface area (Å²) in [5, 5.41) is 0. The summed E-state index contributed by atoms with van der Waals surface area (Å²) in [7, 11) is 0. The van der Waals surface area contributed by atoms with Gasteiger partial charge in [0.2, 0.25) is 0 Å². The highest BCUT2D eigenvalue weighted by Crippen LogP contribution is 2.31. The highest BCUT2D eigenvalue weighted by Gasteiger charge is 2.03. The molecule has 0 radical (unpaired) electrons. The number of nitrogens with two attached hydrogens (primary N) is 1. The van der Waals surface area contributed by atoms with Gasteiger partial charge in [-0.2, -0.15) is 0 Å². The van der Waals surface area contributed by atoms with Crippen molar-refractivity contribution in [3.8, 4) is 11.5 Å². The summed E-state index contributed by atoms with van der Waals surface area (Å²) in [6, 6.07) is 9.62. The zero-order valence-corrected chi connectivity index (χ0v) is 9.70. The molecule has 2 aromatic rings. The fourth-order valence-corrected chi connectivity index (χ4v) is 1.85. The lowest BCUT2D eigenvalue weighted by molar-refractivity contribution is 0.469. The van der Waals surface area contributed by atoms with Crippen molar-refractivity contribution in [2.45, 2.75) is 4.90 Å². The maximum atomic E-state index is 5.72. The van der Waals surface area contributed by atoms with Crippen molar-refractivity contribution in [1.82, 2.24) is 4.98 Å². The Balaban J connectivity index is 2.26. The van der Waals surface area contributed by atoms with E-state index in [1.54, 1.807) is 30.2 Å². The second-order valence-corrected chi connectivity index (χ2v) is 4.05. The Morgan fingerprint density at radius 3 is 2.81 bits per heavy atom. The third-order valence-electron chi connectivity index (χ3n) is 2.03. The van der Waals surface area contributed by atoms with Gasteiger partial charge in [-0.05, 0) is 18.4 Å². The molecule has 0 saturated heterocycles. The van der Waals surface area contributed by atoms with Gasteiger partial charge >= 0.3 is 0 Å². The van der Waals surface area contributed by atoms with Crippen LogP contribution in [0.2, 0.25) is 0 Å². The van der Waals surface area contributed by atoms with E-state index in [9.17, 15) is 0 Å². The molecule has 0 unspecified atom stereocenters. The number of nitrogens with zero attached hydrogens (tertiary/aromatic N) is 1. The van der Waals surface area contributed by atoms with Gasteiger partial charge in [-0.3, -0.25) is 4.98 Å². The van der Waals surface area contributed by atoms with E-state index in [1.165, 1.54) is 0 Å². The molecule has 0 atom stereocenters. The van der Waals surface area contributed by atoms with Gasteiger partial charge in [0.05, 0.1) is 18.1 Å². The highest BCUT2D eigenvalue weighted by molar-refractivity contribution is 7.98. The number of rotatable bonds is 3. The van der Waals surface area contributed by atoms with Crippen LogP contribution in [-0.2, 0) is 0 Å². The first-order valence-electron chi connectivity index (χ1n) is 4.81.